The van der Waals surface area contributed by atoms with E-state index in [1.165, 1.54) is 11.1 Å². The summed E-state index contributed by atoms with van der Waals surface area (Å²) in [5, 5.41) is 0. The number of aromatic nitrogens is 1. The van der Waals surface area contributed by atoms with Gasteiger partial charge < -0.3 is 5.73 Å². The summed E-state index contributed by atoms with van der Waals surface area (Å²) in [6.07, 6.45) is 2.82. The van der Waals surface area contributed by atoms with Crippen molar-refractivity contribution < 1.29 is 4.79 Å². The molecule has 0 fully saturated rings. The maximum Gasteiger partial charge on any atom is 0.250 e. The summed E-state index contributed by atoms with van der Waals surface area (Å²) < 4.78 is 0. The minimum atomic E-state index is -0.430. The highest BCUT2D eigenvalue weighted by Crippen LogP contribution is 2.49. The third-order valence-corrected chi connectivity index (χ3v) is 4.47. The number of nitrogens with zero attached hydrogens (tertiary/aromatic N) is 1. The zero-order valence-electron chi connectivity index (χ0n) is 12.7. The largest absolute Gasteiger partial charge is 0.366 e. The molecule has 1 aromatic heterocycles. The first-order valence-corrected chi connectivity index (χ1v) is 7.30. The minimum Gasteiger partial charge on any atom is -0.366 e. The predicted molar refractivity (Wildman–Crippen MR) is 84.2 cm³/mol. The summed E-state index contributed by atoms with van der Waals surface area (Å²) in [4.78, 5) is 16.1. The quantitative estimate of drug-likeness (QED) is 0.913. The van der Waals surface area contributed by atoms with E-state index in [-0.39, 0.29) is 5.41 Å². The van der Waals surface area contributed by atoms with E-state index in [1.807, 2.05) is 12.1 Å². The molecule has 21 heavy (non-hydrogen) atoms. The number of carbonyl (C=O) groups is 1. The van der Waals surface area contributed by atoms with Gasteiger partial charge in [0.05, 0.1) is 11.3 Å². The van der Waals surface area contributed by atoms with Crippen LogP contribution in [0, 0.1) is 0 Å². The Labute approximate surface area is 125 Å². The molecule has 1 amide bonds. The van der Waals surface area contributed by atoms with Crippen LogP contribution in [0.15, 0.2) is 36.5 Å². The van der Waals surface area contributed by atoms with Crippen molar-refractivity contribution in [1.29, 1.82) is 0 Å². The van der Waals surface area contributed by atoms with Crippen LogP contribution in [0.25, 0.3) is 11.3 Å². The van der Waals surface area contributed by atoms with Crippen molar-refractivity contribution in [2.45, 2.75) is 38.5 Å². The first-order valence-electron chi connectivity index (χ1n) is 7.30. The molecular weight excluding hydrogens is 260 g/mol. The van der Waals surface area contributed by atoms with E-state index in [1.54, 1.807) is 18.3 Å². The molecule has 0 spiro atoms. The van der Waals surface area contributed by atoms with Gasteiger partial charge in [0.15, 0.2) is 0 Å². The molecule has 108 valence electrons. The summed E-state index contributed by atoms with van der Waals surface area (Å²) in [6, 6.07) is 9.78. The standard InChI is InChI=1S/C18H20N2O/c1-11-10-18(2,3)14-8-4-6-12(15(11)14)16-13(17(19)21)7-5-9-20-16/h4-9,11H,10H2,1-3H3,(H2,19,21)/t11-/m1/s1. The van der Waals surface area contributed by atoms with Crippen LogP contribution in [0.3, 0.4) is 0 Å². The van der Waals surface area contributed by atoms with Crippen molar-refractivity contribution in [2.75, 3.05) is 0 Å². The molecule has 1 aliphatic carbocycles. The monoisotopic (exact) mass is 280 g/mol. The maximum atomic E-state index is 11.7. The summed E-state index contributed by atoms with van der Waals surface area (Å²) in [7, 11) is 0. The molecule has 0 saturated carbocycles. The number of carbonyl (C=O) groups excluding carboxylic acids is 1. The van der Waals surface area contributed by atoms with Crippen molar-refractivity contribution >= 4 is 5.91 Å². The first-order chi connectivity index (χ1) is 9.92. The molecule has 3 rings (SSSR count). The molecule has 2 aromatic rings. The molecule has 0 saturated heterocycles. The van der Waals surface area contributed by atoms with E-state index in [0.717, 1.165) is 12.0 Å². The Hall–Kier alpha value is -2.16. The summed E-state index contributed by atoms with van der Waals surface area (Å²) in [5.74, 6) is 0.0227. The van der Waals surface area contributed by atoms with E-state index in [9.17, 15) is 4.79 Å². The van der Waals surface area contributed by atoms with Gasteiger partial charge in [-0.3, -0.25) is 9.78 Å². The second kappa shape index (κ2) is 4.69. The Morgan fingerprint density at radius 1 is 1.29 bits per heavy atom. The summed E-state index contributed by atoms with van der Waals surface area (Å²) in [6.45, 7) is 6.78. The predicted octanol–water partition coefficient (Wildman–Crippen LogP) is 3.63. The van der Waals surface area contributed by atoms with Gasteiger partial charge in [-0.05, 0) is 41.0 Å². The number of primary amides is 1. The number of fused-ring (bicyclic) bond motifs is 1. The number of hydrogen-bond acceptors (Lipinski definition) is 2. The van der Waals surface area contributed by atoms with Crippen molar-refractivity contribution in [3.05, 3.63) is 53.2 Å². The highest BCUT2D eigenvalue weighted by atomic mass is 16.1. The summed E-state index contributed by atoms with van der Waals surface area (Å²) >= 11 is 0. The second-order valence-electron chi connectivity index (χ2n) is 6.52. The van der Waals surface area contributed by atoms with Gasteiger partial charge in [-0.25, -0.2) is 0 Å². The molecule has 1 aromatic carbocycles. The van der Waals surface area contributed by atoms with Crippen molar-refractivity contribution in [2.24, 2.45) is 5.73 Å². The average molecular weight is 280 g/mol. The molecule has 1 heterocycles. The highest BCUT2D eigenvalue weighted by Gasteiger charge is 2.36. The molecule has 3 nitrogen and oxygen atoms in total. The molecular formula is C18H20N2O. The molecule has 1 atom stereocenters. The Morgan fingerprint density at radius 2 is 2.05 bits per heavy atom. The van der Waals surface area contributed by atoms with E-state index in [2.05, 4.69) is 31.8 Å². The average Bonchev–Trinajstić information content (AvgIpc) is 2.69. The molecule has 2 N–H and O–H groups in total. The SMILES string of the molecule is C[C@@H]1CC(C)(C)c2cccc(-c3ncccc3C(N)=O)c21. The minimum absolute atomic E-state index is 0.159. The zero-order valence-corrected chi connectivity index (χ0v) is 12.7. The van der Waals surface area contributed by atoms with Crippen LogP contribution in [0.1, 0.15) is 54.6 Å². The van der Waals surface area contributed by atoms with Gasteiger partial charge in [-0.2, -0.15) is 0 Å². The lowest BCUT2D eigenvalue weighted by atomic mass is 9.85. The molecule has 0 bridgehead atoms. The van der Waals surface area contributed by atoms with Crippen LogP contribution in [0.2, 0.25) is 0 Å². The number of hydrogen-bond donors (Lipinski definition) is 1. The van der Waals surface area contributed by atoms with Crippen molar-refractivity contribution in [3.8, 4) is 11.3 Å². The van der Waals surface area contributed by atoms with Gasteiger partial charge in [0.1, 0.15) is 0 Å². The summed E-state index contributed by atoms with van der Waals surface area (Å²) in [5.41, 5.74) is 10.6. The van der Waals surface area contributed by atoms with E-state index in [0.29, 0.717) is 17.2 Å². The van der Waals surface area contributed by atoms with Crippen LogP contribution >= 0.6 is 0 Å². The third-order valence-electron chi connectivity index (χ3n) is 4.47. The van der Waals surface area contributed by atoms with Crippen LogP contribution < -0.4 is 5.73 Å². The lowest BCUT2D eigenvalue weighted by Gasteiger charge is -2.19. The van der Waals surface area contributed by atoms with Gasteiger partial charge in [0.25, 0.3) is 5.91 Å². The topological polar surface area (TPSA) is 56.0 Å². The highest BCUT2D eigenvalue weighted by molar-refractivity contribution is 5.99. The van der Waals surface area contributed by atoms with Crippen LogP contribution in [0.4, 0.5) is 0 Å². The van der Waals surface area contributed by atoms with Crippen molar-refractivity contribution in [3.63, 3.8) is 0 Å². The number of rotatable bonds is 2. The Morgan fingerprint density at radius 3 is 2.76 bits per heavy atom. The van der Waals surface area contributed by atoms with E-state index >= 15 is 0 Å². The number of amides is 1. The molecule has 0 radical (unpaired) electrons. The fraction of sp³-hybridized carbons (Fsp3) is 0.333. The van der Waals surface area contributed by atoms with Gasteiger partial charge in [-0.1, -0.05) is 39.0 Å². The number of nitrogens with two attached hydrogens (primary N) is 1. The fourth-order valence-corrected chi connectivity index (χ4v) is 3.69. The van der Waals surface area contributed by atoms with E-state index < -0.39 is 5.91 Å². The molecule has 1 aliphatic rings. The number of pyridine rings is 1. The maximum absolute atomic E-state index is 11.7. The first kappa shape index (κ1) is 13.8. The lowest BCUT2D eigenvalue weighted by Crippen LogP contribution is -2.14. The van der Waals surface area contributed by atoms with Crippen LogP contribution in [0.5, 0.6) is 0 Å². The normalized spacial score (nSPS) is 19.3. The Balaban J connectivity index is 2.28. The van der Waals surface area contributed by atoms with Crippen molar-refractivity contribution in [1.82, 2.24) is 4.98 Å². The third kappa shape index (κ3) is 2.13. The number of benzene rings is 1. The fourth-order valence-electron chi connectivity index (χ4n) is 3.69. The van der Waals surface area contributed by atoms with Gasteiger partial charge in [-0.15, -0.1) is 0 Å². The van der Waals surface area contributed by atoms with Gasteiger partial charge in [0.2, 0.25) is 0 Å². The Kier molecular flexibility index (Phi) is 3.08. The molecule has 0 unspecified atom stereocenters. The van der Waals surface area contributed by atoms with Crippen LogP contribution in [-0.2, 0) is 5.41 Å². The zero-order chi connectivity index (χ0) is 15.2. The van der Waals surface area contributed by atoms with Gasteiger partial charge in [0, 0.05) is 11.8 Å². The second-order valence-corrected chi connectivity index (χ2v) is 6.52. The molecule has 0 aliphatic heterocycles. The lowest BCUT2D eigenvalue weighted by molar-refractivity contribution is 0.100. The van der Waals surface area contributed by atoms with Gasteiger partial charge >= 0.3 is 0 Å². The molecule has 3 heteroatoms. The van der Waals surface area contributed by atoms with E-state index in [4.69, 9.17) is 5.73 Å². The van der Waals surface area contributed by atoms with Crippen LogP contribution in [-0.4, -0.2) is 10.9 Å². The Bertz CT molecular complexity index is 719. The smallest absolute Gasteiger partial charge is 0.250 e.